The molecular weight excluding hydrogens is 258 g/mol. The van der Waals surface area contributed by atoms with Gasteiger partial charge < -0.3 is 19.7 Å². The fraction of sp³-hybridized carbons (Fsp3) is 0.769. The average molecular weight is 283 g/mol. The summed E-state index contributed by atoms with van der Waals surface area (Å²) in [4.78, 5) is 15.0. The number of aromatic nitrogens is 3. The van der Waals surface area contributed by atoms with E-state index in [-0.39, 0.29) is 0 Å². The highest BCUT2D eigenvalue weighted by Gasteiger charge is 2.15. The third-order valence-electron chi connectivity index (χ3n) is 2.53. The molecule has 1 aromatic rings. The molecule has 0 aliphatic heterocycles. The van der Waals surface area contributed by atoms with Crippen LogP contribution in [0.5, 0.6) is 6.01 Å². The van der Waals surface area contributed by atoms with E-state index in [4.69, 9.17) is 9.47 Å². The predicted molar refractivity (Wildman–Crippen MR) is 79.5 cm³/mol. The van der Waals surface area contributed by atoms with Gasteiger partial charge in [-0.15, -0.1) is 0 Å². The Bertz CT molecular complexity index is 400. The molecule has 0 amide bonds. The Kier molecular flexibility index (Phi) is 7.00. The molecule has 0 aromatic carbocycles. The second-order valence-corrected chi connectivity index (χ2v) is 4.76. The van der Waals surface area contributed by atoms with Crippen LogP contribution < -0.4 is 15.0 Å². The SMILES string of the molecule is CCOc1nc(NC)nc(N(CCOC)CC(C)C)n1. The van der Waals surface area contributed by atoms with E-state index in [1.54, 1.807) is 14.2 Å². The number of rotatable bonds is 9. The van der Waals surface area contributed by atoms with Crippen LogP contribution in [0.25, 0.3) is 0 Å². The normalized spacial score (nSPS) is 10.7. The molecule has 1 aromatic heterocycles. The number of anilines is 2. The molecule has 1 heterocycles. The summed E-state index contributed by atoms with van der Waals surface area (Å²) in [7, 11) is 3.46. The van der Waals surface area contributed by atoms with Gasteiger partial charge in [-0.3, -0.25) is 0 Å². The molecule has 0 saturated heterocycles. The van der Waals surface area contributed by atoms with E-state index >= 15 is 0 Å². The van der Waals surface area contributed by atoms with Gasteiger partial charge in [-0.05, 0) is 12.8 Å². The number of hydrogen-bond donors (Lipinski definition) is 1. The Morgan fingerprint density at radius 1 is 1.25 bits per heavy atom. The first-order valence-corrected chi connectivity index (χ1v) is 6.91. The quantitative estimate of drug-likeness (QED) is 0.734. The lowest BCUT2D eigenvalue weighted by molar-refractivity contribution is 0.204. The molecule has 0 atom stereocenters. The Morgan fingerprint density at radius 2 is 2.00 bits per heavy atom. The molecule has 0 aliphatic rings. The maximum Gasteiger partial charge on any atom is 0.323 e. The van der Waals surface area contributed by atoms with Crippen molar-refractivity contribution in [2.75, 3.05) is 50.7 Å². The summed E-state index contributed by atoms with van der Waals surface area (Å²) < 4.78 is 10.5. The zero-order valence-corrected chi connectivity index (χ0v) is 13.0. The van der Waals surface area contributed by atoms with Gasteiger partial charge >= 0.3 is 6.01 Å². The molecule has 20 heavy (non-hydrogen) atoms. The number of hydrogen-bond acceptors (Lipinski definition) is 7. The molecule has 0 aliphatic carbocycles. The highest BCUT2D eigenvalue weighted by atomic mass is 16.5. The summed E-state index contributed by atoms with van der Waals surface area (Å²) in [5, 5.41) is 2.93. The summed E-state index contributed by atoms with van der Waals surface area (Å²) in [6.45, 7) is 8.94. The Hall–Kier alpha value is -1.63. The van der Waals surface area contributed by atoms with Crippen LogP contribution in [-0.2, 0) is 4.74 Å². The minimum absolute atomic E-state index is 0.341. The van der Waals surface area contributed by atoms with Crippen LogP contribution in [0, 0.1) is 5.92 Å². The monoisotopic (exact) mass is 283 g/mol. The molecule has 7 nitrogen and oxygen atoms in total. The second-order valence-electron chi connectivity index (χ2n) is 4.76. The highest BCUT2D eigenvalue weighted by Crippen LogP contribution is 2.16. The van der Waals surface area contributed by atoms with E-state index in [0.717, 1.165) is 13.1 Å². The van der Waals surface area contributed by atoms with Gasteiger partial charge in [-0.1, -0.05) is 13.8 Å². The zero-order chi connectivity index (χ0) is 15.0. The van der Waals surface area contributed by atoms with Crippen molar-refractivity contribution >= 4 is 11.9 Å². The maximum absolute atomic E-state index is 5.39. The van der Waals surface area contributed by atoms with Crippen molar-refractivity contribution in [2.45, 2.75) is 20.8 Å². The summed E-state index contributed by atoms with van der Waals surface area (Å²) in [6.07, 6.45) is 0. The van der Waals surface area contributed by atoms with Gasteiger partial charge in [-0.25, -0.2) is 0 Å². The van der Waals surface area contributed by atoms with Gasteiger partial charge in [0.15, 0.2) is 0 Å². The lowest BCUT2D eigenvalue weighted by Gasteiger charge is -2.24. The molecule has 0 saturated carbocycles. The molecule has 114 valence electrons. The molecule has 0 unspecified atom stereocenters. The number of nitrogens with zero attached hydrogens (tertiary/aromatic N) is 4. The first-order valence-electron chi connectivity index (χ1n) is 6.91. The largest absolute Gasteiger partial charge is 0.464 e. The zero-order valence-electron chi connectivity index (χ0n) is 13.0. The summed E-state index contributed by atoms with van der Waals surface area (Å²) >= 11 is 0. The van der Waals surface area contributed by atoms with E-state index in [0.29, 0.717) is 37.0 Å². The van der Waals surface area contributed by atoms with E-state index in [1.807, 2.05) is 6.92 Å². The van der Waals surface area contributed by atoms with Gasteiger partial charge in [0.25, 0.3) is 0 Å². The molecule has 7 heteroatoms. The predicted octanol–water partition coefficient (Wildman–Crippen LogP) is 1.42. The smallest absolute Gasteiger partial charge is 0.323 e. The fourth-order valence-electron chi connectivity index (χ4n) is 1.71. The van der Waals surface area contributed by atoms with E-state index in [9.17, 15) is 0 Å². The van der Waals surface area contributed by atoms with E-state index in [1.165, 1.54) is 0 Å². The van der Waals surface area contributed by atoms with Crippen LogP contribution in [0.4, 0.5) is 11.9 Å². The van der Waals surface area contributed by atoms with Crippen molar-refractivity contribution in [3.63, 3.8) is 0 Å². The Balaban J connectivity index is 2.99. The molecule has 1 N–H and O–H groups in total. The van der Waals surface area contributed by atoms with Crippen LogP contribution in [0.15, 0.2) is 0 Å². The number of nitrogens with one attached hydrogen (secondary N) is 1. The van der Waals surface area contributed by atoms with Crippen LogP contribution in [0.2, 0.25) is 0 Å². The molecule has 0 radical (unpaired) electrons. The fourth-order valence-corrected chi connectivity index (χ4v) is 1.71. The van der Waals surface area contributed by atoms with Gasteiger partial charge in [0.1, 0.15) is 0 Å². The lowest BCUT2D eigenvalue weighted by Crippen LogP contribution is -2.32. The number of methoxy groups -OCH3 is 1. The van der Waals surface area contributed by atoms with Crippen molar-refractivity contribution in [3.05, 3.63) is 0 Å². The van der Waals surface area contributed by atoms with Crippen LogP contribution in [0.1, 0.15) is 20.8 Å². The summed E-state index contributed by atoms with van der Waals surface area (Å²) in [5.74, 6) is 1.61. The van der Waals surface area contributed by atoms with Crippen molar-refractivity contribution in [1.82, 2.24) is 15.0 Å². The molecular formula is C13H25N5O2. The van der Waals surface area contributed by atoms with Gasteiger partial charge in [-0.2, -0.15) is 15.0 Å². The maximum atomic E-state index is 5.39. The van der Waals surface area contributed by atoms with Crippen molar-refractivity contribution < 1.29 is 9.47 Å². The average Bonchev–Trinajstić information content (AvgIpc) is 2.43. The molecule has 0 fully saturated rings. The second kappa shape index (κ2) is 8.52. The highest BCUT2D eigenvalue weighted by molar-refractivity contribution is 5.38. The molecule has 1 rings (SSSR count). The van der Waals surface area contributed by atoms with E-state index < -0.39 is 0 Å². The van der Waals surface area contributed by atoms with Crippen molar-refractivity contribution in [1.29, 1.82) is 0 Å². The topological polar surface area (TPSA) is 72.4 Å². The third-order valence-corrected chi connectivity index (χ3v) is 2.53. The first kappa shape index (κ1) is 16.4. The summed E-state index contributed by atoms with van der Waals surface area (Å²) in [5.41, 5.74) is 0. The Morgan fingerprint density at radius 3 is 2.55 bits per heavy atom. The van der Waals surface area contributed by atoms with Crippen molar-refractivity contribution in [2.24, 2.45) is 5.92 Å². The lowest BCUT2D eigenvalue weighted by atomic mass is 10.2. The minimum Gasteiger partial charge on any atom is -0.464 e. The van der Waals surface area contributed by atoms with Gasteiger partial charge in [0, 0.05) is 27.2 Å². The third kappa shape index (κ3) is 5.16. The Labute approximate surface area is 120 Å². The van der Waals surface area contributed by atoms with Gasteiger partial charge in [0.05, 0.1) is 13.2 Å². The van der Waals surface area contributed by atoms with Crippen LogP contribution in [0.3, 0.4) is 0 Å². The van der Waals surface area contributed by atoms with Crippen LogP contribution >= 0.6 is 0 Å². The van der Waals surface area contributed by atoms with Gasteiger partial charge in [0.2, 0.25) is 11.9 Å². The number of ether oxygens (including phenoxy) is 2. The standard InChI is InChI=1S/C13H25N5O2/c1-6-20-13-16-11(14-4)15-12(17-13)18(7-8-19-5)9-10(2)3/h10H,6-9H2,1-5H3,(H,14,15,16,17). The first-order chi connectivity index (χ1) is 9.60. The van der Waals surface area contributed by atoms with Crippen LogP contribution in [-0.4, -0.2) is 55.4 Å². The van der Waals surface area contributed by atoms with E-state index in [2.05, 4.69) is 39.0 Å². The minimum atomic E-state index is 0.341. The molecule has 0 bridgehead atoms. The molecule has 0 spiro atoms. The summed E-state index contributed by atoms with van der Waals surface area (Å²) in [6, 6.07) is 0.341. The van der Waals surface area contributed by atoms with Crippen molar-refractivity contribution in [3.8, 4) is 6.01 Å².